The lowest BCUT2D eigenvalue weighted by atomic mass is 10.0. The second kappa shape index (κ2) is 9.26. The van der Waals surface area contributed by atoms with E-state index in [9.17, 15) is 30.1 Å². The number of non-ortho nitro benzene ring substituents is 1. The molecule has 11 nitrogen and oxygen atoms in total. The van der Waals surface area contributed by atoms with Gasteiger partial charge >= 0.3 is 5.69 Å². The highest BCUT2D eigenvalue weighted by Gasteiger charge is 2.23. The van der Waals surface area contributed by atoms with Crippen LogP contribution in [0.1, 0.15) is 30.9 Å². The van der Waals surface area contributed by atoms with Gasteiger partial charge in [0.1, 0.15) is 5.75 Å². The number of ether oxygens (including phenoxy) is 1. The van der Waals surface area contributed by atoms with Gasteiger partial charge in [0.2, 0.25) is 5.75 Å². The van der Waals surface area contributed by atoms with Crippen molar-refractivity contribution in [2.75, 3.05) is 6.61 Å². The summed E-state index contributed by atoms with van der Waals surface area (Å²) in [5, 5.41) is 35.2. The minimum absolute atomic E-state index is 0.295. The van der Waals surface area contributed by atoms with E-state index < -0.39 is 32.9 Å². The van der Waals surface area contributed by atoms with Crippen molar-refractivity contribution in [1.29, 1.82) is 0 Å². The number of phenols is 1. The average molecular weight is 402 g/mol. The maximum Gasteiger partial charge on any atom is 0.318 e. The number of hydrogen-bond donors (Lipinski definition) is 2. The molecule has 0 aliphatic heterocycles. The van der Waals surface area contributed by atoms with Crippen LogP contribution in [0.2, 0.25) is 0 Å². The zero-order valence-corrected chi connectivity index (χ0v) is 15.6. The third-order valence-electron chi connectivity index (χ3n) is 3.82. The molecule has 2 N–H and O–H groups in total. The topological polar surface area (TPSA) is 157 Å². The summed E-state index contributed by atoms with van der Waals surface area (Å²) in [5.41, 5.74) is 1.49. The molecule has 2 aromatic rings. The Morgan fingerprint density at radius 3 is 2.41 bits per heavy atom. The number of hydrogen-bond acceptors (Lipinski definition) is 8. The van der Waals surface area contributed by atoms with Crippen LogP contribution in [-0.4, -0.2) is 33.7 Å². The molecular formula is C18H18N4O7. The first-order valence-corrected chi connectivity index (χ1v) is 8.39. The van der Waals surface area contributed by atoms with Crippen LogP contribution in [-0.2, 0) is 4.79 Å². The fourth-order valence-electron chi connectivity index (χ4n) is 2.27. The van der Waals surface area contributed by atoms with E-state index in [1.807, 2.05) is 12.1 Å². The Morgan fingerprint density at radius 2 is 1.86 bits per heavy atom. The molecule has 0 spiro atoms. The number of aromatic hydroxyl groups is 1. The fourth-order valence-corrected chi connectivity index (χ4v) is 2.27. The summed E-state index contributed by atoms with van der Waals surface area (Å²) in [6.45, 7) is 3.75. The summed E-state index contributed by atoms with van der Waals surface area (Å²) in [7, 11) is 0. The predicted octanol–water partition coefficient (Wildman–Crippen LogP) is 2.86. The Balaban J connectivity index is 2.00. The number of phenolic OH excluding ortho intramolecular Hbond substituents is 1. The normalized spacial score (nSPS) is 10.9. The van der Waals surface area contributed by atoms with Crippen molar-refractivity contribution in [2.45, 2.75) is 19.8 Å². The molecule has 0 heterocycles. The second-order valence-corrected chi connectivity index (χ2v) is 6.22. The van der Waals surface area contributed by atoms with Crippen LogP contribution >= 0.6 is 0 Å². The SMILES string of the molecule is CC(C)c1ccc(OCC(=O)N/N=C/c2cc([N+](=O)[O-])cc([N+](=O)[O-])c2O)cc1. The summed E-state index contributed by atoms with van der Waals surface area (Å²) < 4.78 is 5.32. The molecule has 0 radical (unpaired) electrons. The van der Waals surface area contributed by atoms with Crippen LogP contribution in [0.4, 0.5) is 11.4 Å². The average Bonchev–Trinajstić information content (AvgIpc) is 2.67. The number of rotatable bonds is 8. The Hall–Kier alpha value is -4.02. The van der Waals surface area contributed by atoms with E-state index in [-0.39, 0.29) is 12.2 Å². The number of hydrazone groups is 1. The predicted molar refractivity (Wildman–Crippen MR) is 103 cm³/mol. The van der Waals surface area contributed by atoms with Crippen molar-refractivity contribution in [1.82, 2.24) is 5.43 Å². The first-order valence-electron chi connectivity index (χ1n) is 8.39. The molecule has 11 heteroatoms. The summed E-state index contributed by atoms with van der Waals surface area (Å²) in [6.07, 6.45) is 0.866. The van der Waals surface area contributed by atoms with Crippen LogP contribution in [0.25, 0.3) is 0 Å². The van der Waals surface area contributed by atoms with Gasteiger partial charge in [0.25, 0.3) is 11.6 Å². The van der Waals surface area contributed by atoms with Crippen molar-refractivity contribution in [3.63, 3.8) is 0 Å². The van der Waals surface area contributed by atoms with E-state index in [4.69, 9.17) is 4.74 Å². The molecule has 0 aromatic heterocycles. The molecule has 2 aromatic carbocycles. The van der Waals surface area contributed by atoms with Gasteiger partial charge in [-0.05, 0) is 23.6 Å². The summed E-state index contributed by atoms with van der Waals surface area (Å²) in [4.78, 5) is 31.8. The van der Waals surface area contributed by atoms with Gasteiger partial charge in [-0.3, -0.25) is 25.0 Å². The Labute approximate surface area is 164 Å². The second-order valence-electron chi connectivity index (χ2n) is 6.22. The fraction of sp³-hybridized carbons (Fsp3) is 0.222. The lowest BCUT2D eigenvalue weighted by Crippen LogP contribution is -2.24. The summed E-state index contributed by atoms with van der Waals surface area (Å²) in [6, 6.07) is 8.74. The zero-order valence-electron chi connectivity index (χ0n) is 15.6. The van der Waals surface area contributed by atoms with Gasteiger partial charge in [-0.1, -0.05) is 26.0 Å². The van der Waals surface area contributed by atoms with Gasteiger partial charge < -0.3 is 9.84 Å². The highest BCUT2D eigenvalue weighted by Crippen LogP contribution is 2.33. The van der Waals surface area contributed by atoms with E-state index in [0.29, 0.717) is 17.7 Å². The molecule has 29 heavy (non-hydrogen) atoms. The molecule has 0 saturated heterocycles. The highest BCUT2D eigenvalue weighted by atomic mass is 16.6. The lowest BCUT2D eigenvalue weighted by Gasteiger charge is -2.08. The largest absolute Gasteiger partial charge is 0.502 e. The van der Waals surface area contributed by atoms with Gasteiger partial charge in [-0.25, -0.2) is 5.43 Å². The van der Waals surface area contributed by atoms with Gasteiger partial charge in [0, 0.05) is 6.07 Å². The number of nitrogens with one attached hydrogen (secondary N) is 1. The summed E-state index contributed by atoms with van der Waals surface area (Å²) >= 11 is 0. The molecular weight excluding hydrogens is 384 g/mol. The minimum atomic E-state index is -0.962. The van der Waals surface area contributed by atoms with Crippen molar-refractivity contribution >= 4 is 23.5 Å². The minimum Gasteiger partial charge on any atom is -0.502 e. The van der Waals surface area contributed by atoms with E-state index >= 15 is 0 Å². The molecule has 0 aliphatic carbocycles. The van der Waals surface area contributed by atoms with Crippen LogP contribution in [0.3, 0.4) is 0 Å². The number of nitro groups is 2. The van der Waals surface area contributed by atoms with Crippen LogP contribution in [0.5, 0.6) is 11.5 Å². The van der Waals surface area contributed by atoms with Crippen LogP contribution < -0.4 is 10.2 Å². The monoisotopic (exact) mass is 402 g/mol. The molecule has 0 aliphatic rings. The molecule has 0 fully saturated rings. The third-order valence-corrected chi connectivity index (χ3v) is 3.82. The quantitative estimate of drug-likeness (QED) is 0.390. The standard InChI is InChI=1S/C18H18N4O7/c1-11(2)12-3-5-15(6-4-12)29-10-17(23)20-19-9-13-7-14(21(25)26)8-16(18(13)24)22(27)28/h3-9,11,24H,10H2,1-2H3,(H,20,23)/b19-9+. The van der Waals surface area contributed by atoms with Crippen molar-refractivity contribution in [2.24, 2.45) is 5.10 Å². The van der Waals surface area contributed by atoms with E-state index in [1.165, 1.54) is 0 Å². The molecule has 1 amide bonds. The molecule has 2 rings (SSSR count). The number of benzene rings is 2. The van der Waals surface area contributed by atoms with Gasteiger partial charge in [-0.15, -0.1) is 0 Å². The van der Waals surface area contributed by atoms with Crippen molar-refractivity contribution < 1.29 is 24.5 Å². The van der Waals surface area contributed by atoms with Gasteiger partial charge in [0.15, 0.2) is 6.61 Å². The van der Waals surface area contributed by atoms with Crippen molar-refractivity contribution in [3.8, 4) is 11.5 Å². The van der Waals surface area contributed by atoms with Crippen LogP contribution in [0, 0.1) is 20.2 Å². The highest BCUT2D eigenvalue weighted by molar-refractivity contribution is 5.88. The number of carbonyl (C=O) groups is 1. The molecule has 0 atom stereocenters. The maximum atomic E-state index is 11.8. The van der Waals surface area contributed by atoms with Gasteiger partial charge in [0.05, 0.1) is 27.7 Å². The van der Waals surface area contributed by atoms with E-state index in [0.717, 1.165) is 17.8 Å². The van der Waals surface area contributed by atoms with Crippen molar-refractivity contribution in [3.05, 3.63) is 67.8 Å². The zero-order chi connectivity index (χ0) is 21.6. The number of nitro benzene ring substituents is 2. The van der Waals surface area contributed by atoms with Gasteiger partial charge in [-0.2, -0.15) is 5.10 Å². The Bertz CT molecular complexity index is 955. The van der Waals surface area contributed by atoms with Crippen LogP contribution in [0.15, 0.2) is 41.5 Å². The number of nitrogens with zero attached hydrogens (tertiary/aromatic N) is 3. The Morgan fingerprint density at radius 1 is 1.21 bits per heavy atom. The maximum absolute atomic E-state index is 11.8. The lowest BCUT2D eigenvalue weighted by molar-refractivity contribution is -0.394. The first kappa shape index (κ1) is 21.3. The number of amides is 1. The first-order chi connectivity index (χ1) is 13.7. The Kier molecular flexibility index (Phi) is 6.80. The van der Waals surface area contributed by atoms with E-state index in [2.05, 4.69) is 24.4 Å². The summed E-state index contributed by atoms with van der Waals surface area (Å²) in [5.74, 6) is -0.586. The molecule has 0 unspecified atom stereocenters. The molecule has 0 saturated carbocycles. The smallest absolute Gasteiger partial charge is 0.318 e. The van der Waals surface area contributed by atoms with E-state index in [1.54, 1.807) is 12.1 Å². The molecule has 152 valence electrons. The molecule has 0 bridgehead atoms. The third kappa shape index (κ3) is 5.73. The number of carbonyl (C=O) groups excluding carboxylic acids is 1.